The van der Waals surface area contributed by atoms with Crippen LogP contribution in [0, 0.1) is 0 Å². The predicted molar refractivity (Wildman–Crippen MR) is 116 cm³/mol. The van der Waals surface area contributed by atoms with Gasteiger partial charge in [-0.05, 0) is 48.9 Å². The van der Waals surface area contributed by atoms with Crippen LogP contribution in [-0.2, 0) is 0 Å². The highest BCUT2D eigenvalue weighted by atomic mass is 35.5. The van der Waals surface area contributed by atoms with E-state index in [4.69, 9.17) is 21.1 Å². The normalized spacial score (nSPS) is 10.5. The molecule has 0 radical (unpaired) electrons. The maximum absolute atomic E-state index is 6.13. The molecule has 0 heterocycles. The van der Waals surface area contributed by atoms with Gasteiger partial charge in [0, 0.05) is 24.5 Å². The van der Waals surface area contributed by atoms with Crippen LogP contribution < -0.4 is 20.1 Å². The lowest BCUT2D eigenvalue weighted by atomic mass is 10.2. The largest absolute Gasteiger partial charge is 0.495 e. The number of hydrogen-bond acceptors (Lipinski definition) is 4. The van der Waals surface area contributed by atoms with Crippen molar-refractivity contribution in [3.8, 4) is 11.5 Å². The van der Waals surface area contributed by atoms with Gasteiger partial charge in [-0.2, -0.15) is 0 Å². The zero-order valence-corrected chi connectivity index (χ0v) is 17.1. The van der Waals surface area contributed by atoms with Gasteiger partial charge in [0.15, 0.2) is 0 Å². The van der Waals surface area contributed by atoms with Crippen molar-refractivity contribution in [2.24, 2.45) is 0 Å². The maximum atomic E-state index is 6.13. The second kappa shape index (κ2) is 12.3. The number of methoxy groups -OCH3 is 1. The molecule has 0 saturated carbocycles. The molecule has 4 nitrogen and oxygen atoms in total. The van der Waals surface area contributed by atoms with E-state index >= 15 is 0 Å². The molecule has 0 spiro atoms. The standard InChI is InChI=1S/C22H31ClN2O2/c1-3-4-5-6-7-16-27-20-11-8-18(9-12-20)24-14-15-25-19-10-13-22(26-2)21(23)17-19/h8-13,17,24-25H,3-7,14-16H2,1-2H3. The van der Waals surface area contributed by atoms with Gasteiger partial charge in [0.2, 0.25) is 0 Å². The van der Waals surface area contributed by atoms with E-state index < -0.39 is 0 Å². The van der Waals surface area contributed by atoms with Crippen LogP contribution in [0.5, 0.6) is 11.5 Å². The first-order valence-corrected chi connectivity index (χ1v) is 10.1. The highest BCUT2D eigenvalue weighted by molar-refractivity contribution is 6.32. The van der Waals surface area contributed by atoms with Gasteiger partial charge in [-0.15, -0.1) is 0 Å². The Bertz CT molecular complexity index is 662. The minimum Gasteiger partial charge on any atom is -0.495 e. The highest BCUT2D eigenvalue weighted by Gasteiger charge is 2.01. The number of anilines is 2. The third kappa shape index (κ3) is 8.00. The molecule has 27 heavy (non-hydrogen) atoms. The van der Waals surface area contributed by atoms with Crippen LogP contribution in [0.15, 0.2) is 42.5 Å². The monoisotopic (exact) mass is 390 g/mol. The summed E-state index contributed by atoms with van der Waals surface area (Å²) in [6.45, 7) is 4.63. The van der Waals surface area contributed by atoms with Crippen molar-refractivity contribution in [1.29, 1.82) is 0 Å². The average Bonchev–Trinajstić information content (AvgIpc) is 2.69. The summed E-state index contributed by atoms with van der Waals surface area (Å²) in [6, 6.07) is 13.8. The molecule has 5 heteroatoms. The first-order valence-electron chi connectivity index (χ1n) is 9.77. The Balaban J connectivity index is 1.63. The maximum Gasteiger partial charge on any atom is 0.137 e. The van der Waals surface area contributed by atoms with Crippen LogP contribution in [0.4, 0.5) is 11.4 Å². The van der Waals surface area contributed by atoms with Gasteiger partial charge in [0.05, 0.1) is 18.7 Å². The molecule has 2 rings (SSSR count). The van der Waals surface area contributed by atoms with Crippen LogP contribution in [0.2, 0.25) is 5.02 Å². The van der Waals surface area contributed by atoms with E-state index in [1.807, 2.05) is 30.3 Å². The number of nitrogens with one attached hydrogen (secondary N) is 2. The fourth-order valence-electron chi connectivity index (χ4n) is 2.75. The summed E-state index contributed by atoms with van der Waals surface area (Å²) in [6.07, 6.45) is 6.28. The Kier molecular flexibility index (Phi) is 9.70. The predicted octanol–water partition coefficient (Wildman–Crippen LogP) is 6.22. The zero-order chi connectivity index (χ0) is 19.3. The van der Waals surface area contributed by atoms with Crippen LogP contribution in [-0.4, -0.2) is 26.8 Å². The van der Waals surface area contributed by atoms with Crippen LogP contribution in [0.25, 0.3) is 0 Å². The molecule has 0 aliphatic rings. The summed E-state index contributed by atoms with van der Waals surface area (Å²) in [7, 11) is 1.61. The van der Waals surface area contributed by atoms with Gasteiger partial charge in [-0.1, -0.05) is 44.2 Å². The van der Waals surface area contributed by atoms with E-state index in [0.29, 0.717) is 10.8 Å². The molecule has 0 atom stereocenters. The number of hydrogen-bond donors (Lipinski definition) is 2. The summed E-state index contributed by atoms with van der Waals surface area (Å²) in [5.41, 5.74) is 2.06. The van der Waals surface area contributed by atoms with Crippen molar-refractivity contribution in [1.82, 2.24) is 0 Å². The van der Waals surface area contributed by atoms with Gasteiger partial charge in [-0.25, -0.2) is 0 Å². The lowest BCUT2D eigenvalue weighted by Gasteiger charge is -2.11. The molecule has 0 amide bonds. The van der Waals surface area contributed by atoms with Crippen LogP contribution >= 0.6 is 11.6 Å². The van der Waals surface area contributed by atoms with Crippen molar-refractivity contribution < 1.29 is 9.47 Å². The minimum absolute atomic E-state index is 0.608. The van der Waals surface area contributed by atoms with Gasteiger partial charge in [-0.3, -0.25) is 0 Å². The summed E-state index contributed by atoms with van der Waals surface area (Å²) < 4.78 is 10.9. The van der Waals surface area contributed by atoms with E-state index in [1.165, 1.54) is 25.7 Å². The second-order valence-corrected chi connectivity index (χ2v) is 6.90. The molecule has 0 aromatic heterocycles. The molecule has 0 fully saturated rings. The lowest BCUT2D eigenvalue weighted by molar-refractivity contribution is 0.304. The molecule has 148 valence electrons. The molecule has 0 saturated heterocycles. The fraction of sp³-hybridized carbons (Fsp3) is 0.455. The molecule has 2 N–H and O–H groups in total. The SMILES string of the molecule is CCCCCCCOc1ccc(NCCNc2ccc(OC)c(Cl)c2)cc1. The lowest BCUT2D eigenvalue weighted by Crippen LogP contribution is -2.13. The van der Waals surface area contributed by atoms with E-state index in [-0.39, 0.29) is 0 Å². The molecule has 0 aliphatic heterocycles. The fourth-order valence-corrected chi connectivity index (χ4v) is 3.01. The smallest absolute Gasteiger partial charge is 0.137 e. The highest BCUT2D eigenvalue weighted by Crippen LogP contribution is 2.27. The van der Waals surface area contributed by atoms with Crippen molar-refractivity contribution >= 4 is 23.0 Å². The van der Waals surface area contributed by atoms with E-state index in [9.17, 15) is 0 Å². The summed E-state index contributed by atoms with van der Waals surface area (Å²) in [5, 5.41) is 7.34. The Morgan fingerprint density at radius 2 is 1.52 bits per heavy atom. The topological polar surface area (TPSA) is 42.5 Å². The van der Waals surface area contributed by atoms with Crippen molar-refractivity contribution in [2.75, 3.05) is 37.4 Å². The van der Waals surface area contributed by atoms with Gasteiger partial charge in [0.1, 0.15) is 11.5 Å². The van der Waals surface area contributed by atoms with Crippen molar-refractivity contribution in [2.45, 2.75) is 39.0 Å². The number of ether oxygens (including phenoxy) is 2. The van der Waals surface area contributed by atoms with Gasteiger partial charge in [0.25, 0.3) is 0 Å². The average molecular weight is 391 g/mol. The van der Waals surface area contributed by atoms with Gasteiger partial charge >= 0.3 is 0 Å². The molecular formula is C22H31ClN2O2. The number of unbranched alkanes of at least 4 members (excludes halogenated alkanes) is 4. The zero-order valence-electron chi connectivity index (χ0n) is 16.4. The van der Waals surface area contributed by atoms with Crippen molar-refractivity contribution in [3.05, 3.63) is 47.5 Å². The third-order valence-corrected chi connectivity index (χ3v) is 4.60. The summed E-state index contributed by atoms with van der Waals surface area (Å²) in [4.78, 5) is 0. The Hall–Kier alpha value is -2.07. The molecule has 2 aromatic rings. The first kappa shape index (κ1) is 21.2. The number of benzene rings is 2. The van der Waals surface area contributed by atoms with E-state index in [1.54, 1.807) is 7.11 Å². The Labute approximate surface area is 168 Å². The third-order valence-electron chi connectivity index (χ3n) is 4.31. The van der Waals surface area contributed by atoms with E-state index in [0.717, 1.165) is 43.2 Å². The number of halogens is 1. The summed E-state index contributed by atoms with van der Waals surface area (Å²) >= 11 is 6.13. The molecule has 0 unspecified atom stereocenters. The van der Waals surface area contributed by atoms with Crippen LogP contribution in [0.1, 0.15) is 39.0 Å². The number of rotatable bonds is 13. The quantitative estimate of drug-likeness (QED) is 0.398. The Morgan fingerprint density at radius 1 is 0.852 bits per heavy atom. The molecular weight excluding hydrogens is 360 g/mol. The Morgan fingerprint density at radius 3 is 2.19 bits per heavy atom. The molecule has 0 aliphatic carbocycles. The van der Waals surface area contributed by atoms with Crippen LogP contribution in [0.3, 0.4) is 0 Å². The first-order chi connectivity index (χ1) is 13.2. The van der Waals surface area contributed by atoms with Crippen molar-refractivity contribution in [3.63, 3.8) is 0 Å². The second-order valence-electron chi connectivity index (χ2n) is 6.49. The van der Waals surface area contributed by atoms with Gasteiger partial charge < -0.3 is 20.1 Å². The minimum atomic E-state index is 0.608. The molecule has 2 aromatic carbocycles. The van der Waals surface area contributed by atoms with E-state index in [2.05, 4.69) is 29.7 Å². The summed E-state index contributed by atoms with van der Waals surface area (Å²) in [5.74, 6) is 1.62. The molecule has 0 bridgehead atoms.